The average Bonchev–Trinajstić information content (AvgIpc) is 3.65. The van der Waals surface area contributed by atoms with Gasteiger partial charge in [-0.3, -0.25) is 14.6 Å². The molecule has 2 amide bonds. The van der Waals surface area contributed by atoms with Crippen LogP contribution < -0.4 is 10.6 Å². The molecule has 7 nitrogen and oxygen atoms in total. The first-order valence-electron chi connectivity index (χ1n) is 13.9. The van der Waals surface area contributed by atoms with Crippen LogP contribution in [0.1, 0.15) is 32.0 Å². The molecular weight excluding hydrogens is 587 g/mol. The van der Waals surface area contributed by atoms with Crippen molar-refractivity contribution in [2.45, 2.75) is 13.8 Å². The molecule has 214 valence electrons. The Morgan fingerprint density at radius 1 is 0.591 bits per heavy atom. The lowest BCUT2D eigenvalue weighted by atomic mass is 10.2. The number of nitrogens with one attached hydrogen (secondary N) is 2. The number of hydrogen-bond acceptors (Lipinski definition) is 7. The van der Waals surface area contributed by atoms with E-state index < -0.39 is 0 Å². The van der Waals surface area contributed by atoms with E-state index in [-0.39, 0.29) is 17.5 Å². The number of amides is 2. The van der Waals surface area contributed by atoms with E-state index in [1.807, 2.05) is 60.7 Å². The minimum Gasteiger partial charge on any atom is -0.322 e. The number of thiazole rings is 2. The predicted octanol–water partition coefficient (Wildman–Crippen LogP) is 8.76. The normalized spacial score (nSPS) is 11.1. The molecule has 7 rings (SSSR count). The maximum atomic E-state index is 12.8. The van der Waals surface area contributed by atoms with Gasteiger partial charge in [-0.05, 0) is 110 Å². The third-order valence-electron chi connectivity index (χ3n) is 7.13. The number of rotatable bonds is 6. The minimum absolute atomic E-state index is 0.211. The number of carbonyl (C=O) groups excluding carboxylic acids is 2. The van der Waals surface area contributed by atoms with Gasteiger partial charge in [0, 0.05) is 28.7 Å². The number of anilines is 2. The highest BCUT2D eigenvalue weighted by atomic mass is 32.1. The van der Waals surface area contributed by atoms with E-state index in [1.165, 1.54) is 17.3 Å². The fourth-order valence-corrected chi connectivity index (χ4v) is 6.90. The third-order valence-corrected chi connectivity index (χ3v) is 9.26. The summed E-state index contributed by atoms with van der Waals surface area (Å²) in [5.74, 6) is -0.672. The third kappa shape index (κ3) is 5.70. The monoisotopic (exact) mass is 611 g/mol. The van der Waals surface area contributed by atoms with Crippen LogP contribution in [0.5, 0.6) is 0 Å². The standard InChI is InChI=1S/C35H25N5O2S2/c1-20-3-14-27-30(17-20)43-34(39-27)22-5-10-25(11-6-22)37-32(41)24-9-16-29(36-19-24)33(42)38-26-12-7-23(8-13-26)35-40-28-15-4-21(2)18-31(28)44-35/h3-19H,1-2H3,(H,37,41)(H,38,42). The largest absolute Gasteiger partial charge is 0.322 e. The molecule has 0 fully saturated rings. The summed E-state index contributed by atoms with van der Waals surface area (Å²) in [5, 5.41) is 7.61. The van der Waals surface area contributed by atoms with Crippen LogP contribution >= 0.6 is 22.7 Å². The summed E-state index contributed by atoms with van der Waals surface area (Å²) >= 11 is 3.29. The van der Waals surface area contributed by atoms with E-state index in [0.717, 1.165) is 41.6 Å². The van der Waals surface area contributed by atoms with E-state index in [1.54, 1.807) is 34.8 Å². The van der Waals surface area contributed by atoms with E-state index in [0.29, 0.717) is 16.9 Å². The summed E-state index contributed by atoms with van der Waals surface area (Å²) in [4.78, 5) is 39.3. The Labute approximate surface area is 261 Å². The fraction of sp³-hybridized carbons (Fsp3) is 0.0571. The second-order valence-electron chi connectivity index (χ2n) is 10.5. The summed E-state index contributed by atoms with van der Waals surface area (Å²) in [6.07, 6.45) is 1.40. The highest BCUT2D eigenvalue weighted by molar-refractivity contribution is 7.22. The molecule has 0 radical (unpaired) electrons. The van der Waals surface area contributed by atoms with Crippen LogP contribution in [0, 0.1) is 13.8 Å². The van der Waals surface area contributed by atoms with Crippen LogP contribution in [0.4, 0.5) is 11.4 Å². The maximum absolute atomic E-state index is 12.8. The highest BCUT2D eigenvalue weighted by Gasteiger charge is 2.13. The maximum Gasteiger partial charge on any atom is 0.274 e. The summed E-state index contributed by atoms with van der Waals surface area (Å²) < 4.78 is 2.30. The number of aryl methyl sites for hydroxylation is 2. The molecule has 0 aliphatic rings. The van der Waals surface area contributed by atoms with Crippen LogP contribution in [0.25, 0.3) is 41.6 Å². The van der Waals surface area contributed by atoms with Crippen molar-refractivity contribution >= 4 is 66.3 Å². The second kappa shape index (κ2) is 11.4. The number of carbonyl (C=O) groups is 2. The first-order chi connectivity index (χ1) is 21.4. The molecule has 0 spiro atoms. The number of nitrogens with zero attached hydrogens (tertiary/aromatic N) is 3. The van der Waals surface area contributed by atoms with Gasteiger partial charge in [-0.1, -0.05) is 12.1 Å². The number of aromatic nitrogens is 3. The number of benzene rings is 4. The quantitative estimate of drug-likeness (QED) is 0.196. The molecule has 3 heterocycles. The zero-order valence-corrected chi connectivity index (χ0v) is 25.4. The molecule has 9 heteroatoms. The van der Waals surface area contributed by atoms with E-state index >= 15 is 0 Å². The van der Waals surface area contributed by atoms with E-state index in [9.17, 15) is 9.59 Å². The Balaban J connectivity index is 0.971. The van der Waals surface area contributed by atoms with Gasteiger partial charge in [-0.25, -0.2) is 9.97 Å². The smallest absolute Gasteiger partial charge is 0.274 e. The number of fused-ring (bicyclic) bond motifs is 2. The van der Waals surface area contributed by atoms with Crippen molar-refractivity contribution in [2.24, 2.45) is 0 Å². The highest BCUT2D eigenvalue weighted by Crippen LogP contribution is 2.32. The Bertz CT molecular complexity index is 2010. The van der Waals surface area contributed by atoms with Gasteiger partial charge in [0.15, 0.2) is 0 Å². The van der Waals surface area contributed by atoms with Crippen molar-refractivity contribution in [1.82, 2.24) is 15.0 Å². The molecule has 3 aromatic heterocycles. The summed E-state index contributed by atoms with van der Waals surface area (Å²) in [7, 11) is 0. The van der Waals surface area contributed by atoms with E-state index in [2.05, 4.69) is 53.7 Å². The molecule has 0 atom stereocenters. The predicted molar refractivity (Wildman–Crippen MR) is 180 cm³/mol. The number of hydrogen-bond donors (Lipinski definition) is 2. The van der Waals surface area contributed by atoms with Crippen LogP contribution in [0.3, 0.4) is 0 Å². The summed E-state index contributed by atoms with van der Waals surface area (Å²) in [5.41, 5.74) is 8.19. The summed E-state index contributed by atoms with van der Waals surface area (Å²) in [6.45, 7) is 4.14. The zero-order valence-electron chi connectivity index (χ0n) is 23.8. The van der Waals surface area contributed by atoms with Crippen molar-refractivity contribution in [1.29, 1.82) is 0 Å². The Kier molecular flexibility index (Phi) is 7.17. The summed E-state index contributed by atoms with van der Waals surface area (Å²) in [6, 6.07) is 30.7. The van der Waals surface area contributed by atoms with Gasteiger partial charge in [0.25, 0.3) is 11.8 Å². The van der Waals surface area contributed by atoms with Gasteiger partial charge in [0.2, 0.25) is 0 Å². The fourth-order valence-electron chi connectivity index (χ4n) is 4.76. The van der Waals surface area contributed by atoms with Gasteiger partial charge in [-0.2, -0.15) is 0 Å². The van der Waals surface area contributed by atoms with Crippen molar-refractivity contribution < 1.29 is 9.59 Å². The van der Waals surface area contributed by atoms with Gasteiger partial charge >= 0.3 is 0 Å². The van der Waals surface area contributed by atoms with Gasteiger partial charge in [0.1, 0.15) is 15.7 Å². The molecule has 4 aromatic carbocycles. The molecule has 2 N–H and O–H groups in total. The van der Waals surface area contributed by atoms with E-state index in [4.69, 9.17) is 9.97 Å². The Morgan fingerprint density at radius 3 is 1.57 bits per heavy atom. The lowest BCUT2D eigenvalue weighted by Gasteiger charge is -2.08. The first kappa shape index (κ1) is 27.6. The van der Waals surface area contributed by atoms with Crippen LogP contribution in [0.2, 0.25) is 0 Å². The molecular formula is C35H25N5O2S2. The molecule has 0 aliphatic carbocycles. The molecule has 0 saturated carbocycles. The first-order valence-corrected chi connectivity index (χ1v) is 15.6. The molecule has 44 heavy (non-hydrogen) atoms. The SMILES string of the molecule is Cc1ccc2nc(-c3ccc(NC(=O)c4ccc(C(=O)Nc5ccc(-c6nc7ccc(C)cc7s6)cc5)nc4)cc3)sc2c1. The van der Waals surface area contributed by atoms with Crippen molar-refractivity contribution in [3.8, 4) is 21.1 Å². The lowest BCUT2D eigenvalue weighted by molar-refractivity contribution is 0.101. The molecule has 0 unspecified atom stereocenters. The van der Waals surface area contributed by atoms with Crippen molar-refractivity contribution in [2.75, 3.05) is 10.6 Å². The van der Waals surface area contributed by atoms with Crippen molar-refractivity contribution in [3.63, 3.8) is 0 Å². The molecule has 7 aromatic rings. The average molecular weight is 612 g/mol. The topological polar surface area (TPSA) is 96.9 Å². The van der Waals surface area contributed by atoms with Gasteiger partial charge in [0.05, 0.1) is 26.0 Å². The second-order valence-corrected chi connectivity index (χ2v) is 12.5. The molecule has 0 saturated heterocycles. The Hall–Kier alpha value is -5.25. The molecule has 0 aliphatic heterocycles. The van der Waals surface area contributed by atoms with Crippen LogP contribution in [0.15, 0.2) is 103 Å². The minimum atomic E-state index is -0.360. The molecule has 0 bridgehead atoms. The lowest BCUT2D eigenvalue weighted by Crippen LogP contribution is -2.16. The van der Waals surface area contributed by atoms with Crippen LogP contribution in [-0.2, 0) is 0 Å². The van der Waals surface area contributed by atoms with Gasteiger partial charge in [-0.15, -0.1) is 22.7 Å². The van der Waals surface area contributed by atoms with Crippen LogP contribution in [-0.4, -0.2) is 26.8 Å². The number of pyridine rings is 1. The zero-order chi connectivity index (χ0) is 30.2. The Morgan fingerprint density at radius 2 is 1.09 bits per heavy atom. The van der Waals surface area contributed by atoms with Crippen molar-refractivity contribution in [3.05, 3.63) is 126 Å². The van der Waals surface area contributed by atoms with Gasteiger partial charge < -0.3 is 10.6 Å².